The second-order valence-corrected chi connectivity index (χ2v) is 9.10. The van der Waals surface area contributed by atoms with Crippen LogP contribution in [0.3, 0.4) is 0 Å². The van der Waals surface area contributed by atoms with Gasteiger partial charge in [-0.05, 0) is 52.6 Å². The van der Waals surface area contributed by atoms with Gasteiger partial charge in [-0.15, -0.1) is 24.0 Å². The van der Waals surface area contributed by atoms with Crippen molar-refractivity contribution < 1.29 is 14.3 Å². The first kappa shape index (κ1) is 24.5. The van der Waals surface area contributed by atoms with Crippen LogP contribution >= 0.6 is 24.0 Å². The van der Waals surface area contributed by atoms with Crippen LogP contribution in [0.4, 0.5) is 4.79 Å². The van der Waals surface area contributed by atoms with E-state index in [1.54, 1.807) is 7.11 Å². The number of nitrogens with zero attached hydrogens (tertiary/aromatic N) is 4. The molecule has 168 valence electrons. The van der Waals surface area contributed by atoms with Gasteiger partial charge in [0.1, 0.15) is 5.60 Å². The van der Waals surface area contributed by atoms with E-state index in [0.717, 1.165) is 51.8 Å². The zero-order valence-electron chi connectivity index (χ0n) is 18.4. The maximum atomic E-state index is 12.3. The molecule has 3 aliphatic heterocycles. The lowest BCUT2D eigenvalue weighted by Gasteiger charge is -2.39. The van der Waals surface area contributed by atoms with Crippen LogP contribution in [0.25, 0.3) is 0 Å². The molecule has 0 radical (unpaired) electrons. The SMILES string of the molecule is COCCN1CCC(CNC2=NCC3CN(C(=O)OC(C)(C)C)CCN23)CC1.I. The molecule has 2 fully saturated rings. The van der Waals surface area contributed by atoms with Gasteiger partial charge in [0.2, 0.25) is 0 Å². The Bertz CT molecular complexity index is 561. The first-order valence-corrected chi connectivity index (χ1v) is 10.6. The lowest BCUT2D eigenvalue weighted by Crippen LogP contribution is -2.58. The van der Waals surface area contributed by atoms with Crippen LogP contribution in [-0.4, -0.2) is 104 Å². The maximum absolute atomic E-state index is 12.3. The van der Waals surface area contributed by atoms with E-state index >= 15 is 0 Å². The Morgan fingerprint density at radius 1 is 1.21 bits per heavy atom. The highest BCUT2D eigenvalue weighted by atomic mass is 127. The van der Waals surface area contributed by atoms with Gasteiger partial charge < -0.3 is 29.5 Å². The summed E-state index contributed by atoms with van der Waals surface area (Å²) in [4.78, 5) is 23.7. The summed E-state index contributed by atoms with van der Waals surface area (Å²) in [6.07, 6.45) is 2.23. The molecule has 29 heavy (non-hydrogen) atoms. The summed E-state index contributed by atoms with van der Waals surface area (Å²) < 4.78 is 10.7. The third kappa shape index (κ3) is 7.13. The van der Waals surface area contributed by atoms with Crippen LogP contribution in [0, 0.1) is 5.92 Å². The van der Waals surface area contributed by atoms with Crippen molar-refractivity contribution in [3.05, 3.63) is 0 Å². The number of hydrogen-bond acceptors (Lipinski definition) is 7. The largest absolute Gasteiger partial charge is 0.444 e. The quantitative estimate of drug-likeness (QED) is 0.555. The summed E-state index contributed by atoms with van der Waals surface area (Å²) >= 11 is 0. The van der Waals surface area contributed by atoms with Crippen LogP contribution in [0.5, 0.6) is 0 Å². The Morgan fingerprint density at radius 3 is 2.59 bits per heavy atom. The molecule has 1 unspecified atom stereocenters. The number of fused-ring (bicyclic) bond motifs is 1. The van der Waals surface area contributed by atoms with Crippen molar-refractivity contribution in [2.75, 3.05) is 66.1 Å². The number of piperazine rings is 1. The number of rotatable bonds is 5. The van der Waals surface area contributed by atoms with Crippen LogP contribution in [0.1, 0.15) is 33.6 Å². The molecule has 0 aliphatic carbocycles. The standard InChI is InChI=1S/C20H37N5O3.HI/c1-20(2,3)28-19(26)24-9-10-25-17(15-24)14-22-18(25)21-13-16-5-7-23(8-6-16)11-12-27-4;/h16-17H,5-15H2,1-4H3,(H,21,22);1H. The average molecular weight is 523 g/mol. The summed E-state index contributed by atoms with van der Waals surface area (Å²) in [5.74, 6) is 1.71. The molecule has 1 N–H and O–H groups in total. The van der Waals surface area contributed by atoms with Gasteiger partial charge in [-0.2, -0.15) is 0 Å². The predicted molar refractivity (Wildman–Crippen MR) is 125 cm³/mol. The molecule has 3 heterocycles. The normalized spacial score (nSPS) is 23.3. The van der Waals surface area contributed by atoms with E-state index in [0.29, 0.717) is 19.0 Å². The number of halogens is 1. The number of methoxy groups -OCH3 is 1. The molecule has 3 rings (SSSR count). The average Bonchev–Trinajstić information content (AvgIpc) is 3.06. The number of carbonyl (C=O) groups is 1. The highest BCUT2D eigenvalue weighted by Gasteiger charge is 2.36. The smallest absolute Gasteiger partial charge is 0.410 e. The Hall–Kier alpha value is -0.810. The summed E-state index contributed by atoms with van der Waals surface area (Å²) in [7, 11) is 1.76. The number of carbonyl (C=O) groups excluding carboxylic acids is 1. The molecule has 1 atom stereocenters. The Kier molecular flexibility index (Phi) is 9.27. The number of piperidine rings is 1. The Morgan fingerprint density at radius 2 is 1.93 bits per heavy atom. The predicted octanol–water partition coefficient (Wildman–Crippen LogP) is 1.84. The number of hydrogen-bond donors (Lipinski definition) is 1. The lowest BCUT2D eigenvalue weighted by molar-refractivity contribution is 0.0137. The van der Waals surface area contributed by atoms with Crippen molar-refractivity contribution in [1.29, 1.82) is 0 Å². The molecule has 0 spiro atoms. The van der Waals surface area contributed by atoms with E-state index in [-0.39, 0.29) is 36.1 Å². The maximum Gasteiger partial charge on any atom is 0.410 e. The Balaban J connectivity index is 0.00000300. The minimum atomic E-state index is -0.452. The van der Waals surface area contributed by atoms with Crippen molar-refractivity contribution >= 4 is 36.0 Å². The summed E-state index contributed by atoms with van der Waals surface area (Å²) in [6, 6.07) is 0.264. The number of aliphatic imine (C=N–C) groups is 1. The summed E-state index contributed by atoms with van der Waals surface area (Å²) in [6.45, 7) is 13.8. The van der Waals surface area contributed by atoms with E-state index in [4.69, 9.17) is 14.5 Å². The number of likely N-dealkylation sites (tertiary alicyclic amines) is 1. The van der Waals surface area contributed by atoms with Gasteiger partial charge in [-0.3, -0.25) is 4.99 Å². The molecule has 0 saturated carbocycles. The molecule has 0 aromatic carbocycles. The molecule has 8 nitrogen and oxygen atoms in total. The van der Waals surface area contributed by atoms with Crippen molar-refractivity contribution in [3.63, 3.8) is 0 Å². The molecule has 2 saturated heterocycles. The zero-order valence-corrected chi connectivity index (χ0v) is 20.7. The summed E-state index contributed by atoms with van der Waals surface area (Å²) in [5, 5.41) is 3.59. The lowest BCUT2D eigenvalue weighted by atomic mass is 9.97. The second kappa shape index (κ2) is 11.0. The Labute approximate surface area is 192 Å². The van der Waals surface area contributed by atoms with E-state index in [1.807, 2.05) is 25.7 Å². The fraction of sp³-hybridized carbons (Fsp3) is 0.900. The van der Waals surface area contributed by atoms with E-state index in [9.17, 15) is 4.79 Å². The molecule has 1 amide bonds. The van der Waals surface area contributed by atoms with Gasteiger partial charge in [0.15, 0.2) is 5.96 Å². The van der Waals surface area contributed by atoms with Gasteiger partial charge >= 0.3 is 6.09 Å². The monoisotopic (exact) mass is 523 g/mol. The van der Waals surface area contributed by atoms with Crippen LogP contribution < -0.4 is 5.32 Å². The van der Waals surface area contributed by atoms with E-state index in [2.05, 4.69) is 15.1 Å². The van der Waals surface area contributed by atoms with Gasteiger partial charge in [0.05, 0.1) is 19.2 Å². The van der Waals surface area contributed by atoms with E-state index < -0.39 is 5.60 Å². The molecule has 9 heteroatoms. The van der Waals surface area contributed by atoms with Crippen molar-refractivity contribution in [1.82, 2.24) is 20.0 Å². The van der Waals surface area contributed by atoms with Gasteiger partial charge in [0, 0.05) is 39.8 Å². The van der Waals surface area contributed by atoms with Gasteiger partial charge in [0.25, 0.3) is 0 Å². The van der Waals surface area contributed by atoms with E-state index in [1.165, 1.54) is 12.8 Å². The number of guanidine groups is 1. The number of ether oxygens (including phenoxy) is 2. The highest BCUT2D eigenvalue weighted by molar-refractivity contribution is 14.0. The first-order chi connectivity index (χ1) is 13.4. The fourth-order valence-corrected chi connectivity index (χ4v) is 4.09. The first-order valence-electron chi connectivity index (χ1n) is 10.6. The fourth-order valence-electron chi connectivity index (χ4n) is 4.09. The third-order valence-electron chi connectivity index (χ3n) is 5.73. The van der Waals surface area contributed by atoms with Crippen molar-refractivity contribution in [2.24, 2.45) is 10.9 Å². The topological polar surface area (TPSA) is 69.6 Å². The molecular weight excluding hydrogens is 485 g/mol. The third-order valence-corrected chi connectivity index (χ3v) is 5.73. The molecule has 0 aromatic heterocycles. The van der Waals surface area contributed by atoms with Crippen LogP contribution in [0.2, 0.25) is 0 Å². The minimum absolute atomic E-state index is 0. The van der Waals surface area contributed by atoms with Crippen molar-refractivity contribution in [2.45, 2.75) is 45.3 Å². The molecule has 3 aliphatic rings. The van der Waals surface area contributed by atoms with Crippen LogP contribution in [-0.2, 0) is 9.47 Å². The molecule has 0 aromatic rings. The number of nitrogens with one attached hydrogen (secondary N) is 1. The number of amides is 1. The molecule has 0 bridgehead atoms. The van der Waals surface area contributed by atoms with Crippen LogP contribution in [0.15, 0.2) is 4.99 Å². The molecular formula is C20H38IN5O3. The van der Waals surface area contributed by atoms with Crippen molar-refractivity contribution in [3.8, 4) is 0 Å². The minimum Gasteiger partial charge on any atom is -0.444 e. The van der Waals surface area contributed by atoms with Gasteiger partial charge in [-0.1, -0.05) is 0 Å². The second-order valence-electron chi connectivity index (χ2n) is 9.10. The highest BCUT2D eigenvalue weighted by Crippen LogP contribution is 2.20. The van der Waals surface area contributed by atoms with Gasteiger partial charge in [-0.25, -0.2) is 4.79 Å². The summed E-state index contributed by atoms with van der Waals surface area (Å²) in [5.41, 5.74) is -0.452. The zero-order chi connectivity index (χ0) is 20.1.